The van der Waals surface area contributed by atoms with E-state index in [0.29, 0.717) is 25.6 Å². The number of carboxylic acids is 1. The number of amides is 2. The maximum absolute atomic E-state index is 12.6. The first kappa shape index (κ1) is 17.7. The van der Waals surface area contributed by atoms with E-state index in [0.717, 1.165) is 0 Å². The lowest BCUT2D eigenvalue weighted by Crippen LogP contribution is -2.50. The van der Waals surface area contributed by atoms with Crippen molar-refractivity contribution in [3.63, 3.8) is 0 Å². The summed E-state index contributed by atoms with van der Waals surface area (Å²) >= 11 is 0. The van der Waals surface area contributed by atoms with Crippen molar-refractivity contribution in [1.29, 1.82) is 0 Å². The molecule has 1 aliphatic rings. The molecule has 0 bridgehead atoms. The first-order chi connectivity index (χ1) is 9.72. The van der Waals surface area contributed by atoms with E-state index in [9.17, 15) is 19.8 Å². The average molecular weight is 301 g/mol. The highest BCUT2D eigenvalue weighted by Gasteiger charge is 2.40. The maximum Gasteiger partial charge on any atom is 0.326 e. The summed E-state index contributed by atoms with van der Waals surface area (Å²) in [4.78, 5) is 28.8. The summed E-state index contributed by atoms with van der Waals surface area (Å²) in [5.41, 5.74) is 0. The van der Waals surface area contributed by atoms with E-state index in [1.54, 1.807) is 4.90 Å². The molecule has 7 heteroatoms. The van der Waals surface area contributed by atoms with E-state index in [-0.39, 0.29) is 19.0 Å². The largest absolute Gasteiger partial charge is 0.480 e. The molecule has 0 aromatic heterocycles. The fourth-order valence-corrected chi connectivity index (χ4v) is 2.47. The van der Waals surface area contributed by atoms with Gasteiger partial charge in [-0.1, -0.05) is 13.8 Å². The molecule has 1 saturated heterocycles. The number of carboxylic acid groups (broad SMARTS) is 1. The second kappa shape index (κ2) is 7.61. The Kier molecular flexibility index (Phi) is 6.42. The van der Waals surface area contributed by atoms with Crippen molar-refractivity contribution >= 4 is 12.0 Å². The highest BCUT2D eigenvalue weighted by molar-refractivity contribution is 5.83. The average Bonchev–Trinajstić information content (AvgIpc) is 2.75. The smallest absolute Gasteiger partial charge is 0.326 e. The summed E-state index contributed by atoms with van der Waals surface area (Å²) in [5.74, 6) is -0.760. The number of nitrogens with zero attached hydrogens (tertiary/aromatic N) is 3. The number of likely N-dealkylation sites (tertiary alicyclic amines) is 1. The van der Waals surface area contributed by atoms with Gasteiger partial charge in [0.05, 0.1) is 6.10 Å². The number of carbonyl (C=O) groups is 2. The van der Waals surface area contributed by atoms with Crippen LogP contribution < -0.4 is 0 Å². The SMILES string of the molecule is CC(C)CN(CCN(C)C)C(=O)N1CC(O)C[C@H]1C(=O)O. The van der Waals surface area contributed by atoms with Crippen molar-refractivity contribution in [3.8, 4) is 0 Å². The van der Waals surface area contributed by atoms with Crippen LogP contribution in [0.15, 0.2) is 0 Å². The number of urea groups is 1. The zero-order valence-corrected chi connectivity index (χ0v) is 13.3. The fourth-order valence-electron chi connectivity index (χ4n) is 2.47. The molecule has 1 fully saturated rings. The summed E-state index contributed by atoms with van der Waals surface area (Å²) in [7, 11) is 3.86. The number of aliphatic hydroxyl groups is 1. The van der Waals surface area contributed by atoms with Crippen LogP contribution in [-0.2, 0) is 4.79 Å². The van der Waals surface area contributed by atoms with E-state index in [4.69, 9.17) is 0 Å². The zero-order valence-electron chi connectivity index (χ0n) is 13.3. The van der Waals surface area contributed by atoms with Crippen LogP contribution in [0.4, 0.5) is 4.79 Å². The Morgan fingerprint density at radius 1 is 1.29 bits per heavy atom. The number of hydrogen-bond acceptors (Lipinski definition) is 4. The van der Waals surface area contributed by atoms with Gasteiger partial charge < -0.3 is 24.9 Å². The van der Waals surface area contributed by atoms with E-state index in [2.05, 4.69) is 0 Å². The lowest BCUT2D eigenvalue weighted by Gasteiger charge is -2.32. The van der Waals surface area contributed by atoms with Crippen LogP contribution in [-0.4, -0.2) is 89.3 Å². The van der Waals surface area contributed by atoms with Crippen LogP contribution in [0.3, 0.4) is 0 Å². The molecule has 1 heterocycles. The molecule has 0 aliphatic carbocycles. The molecule has 0 saturated carbocycles. The Bertz CT molecular complexity index is 373. The highest BCUT2D eigenvalue weighted by atomic mass is 16.4. The molecular weight excluding hydrogens is 274 g/mol. The van der Waals surface area contributed by atoms with E-state index < -0.39 is 18.1 Å². The molecule has 0 radical (unpaired) electrons. The maximum atomic E-state index is 12.6. The Morgan fingerprint density at radius 3 is 2.38 bits per heavy atom. The van der Waals surface area contributed by atoms with Crippen LogP contribution in [0.25, 0.3) is 0 Å². The number of aliphatic carboxylic acids is 1. The van der Waals surface area contributed by atoms with Gasteiger partial charge in [-0.25, -0.2) is 9.59 Å². The molecule has 7 nitrogen and oxygen atoms in total. The lowest BCUT2D eigenvalue weighted by molar-refractivity contribution is -0.141. The van der Waals surface area contributed by atoms with Crippen LogP contribution >= 0.6 is 0 Å². The van der Waals surface area contributed by atoms with Crippen molar-refractivity contribution in [3.05, 3.63) is 0 Å². The molecule has 1 rings (SSSR count). The minimum atomic E-state index is -1.06. The van der Waals surface area contributed by atoms with Crippen molar-refractivity contribution < 1.29 is 19.8 Å². The number of likely N-dealkylation sites (N-methyl/N-ethyl adjacent to an activating group) is 1. The van der Waals surface area contributed by atoms with Crippen molar-refractivity contribution in [2.75, 3.05) is 40.3 Å². The van der Waals surface area contributed by atoms with Gasteiger partial charge in [-0.2, -0.15) is 0 Å². The van der Waals surface area contributed by atoms with Crippen LogP contribution in [0.2, 0.25) is 0 Å². The van der Waals surface area contributed by atoms with Gasteiger partial charge in [0.1, 0.15) is 6.04 Å². The molecule has 1 aliphatic heterocycles. The Labute approximate surface area is 126 Å². The first-order valence-corrected chi connectivity index (χ1v) is 7.33. The van der Waals surface area contributed by atoms with Crippen molar-refractivity contribution in [1.82, 2.24) is 14.7 Å². The van der Waals surface area contributed by atoms with Crippen LogP contribution in [0.5, 0.6) is 0 Å². The minimum absolute atomic E-state index is 0.0896. The quantitative estimate of drug-likeness (QED) is 0.729. The summed E-state index contributed by atoms with van der Waals surface area (Å²) in [6.45, 7) is 5.96. The van der Waals surface area contributed by atoms with Crippen molar-refractivity contribution in [2.45, 2.75) is 32.4 Å². The molecule has 21 heavy (non-hydrogen) atoms. The molecule has 2 amide bonds. The van der Waals surface area contributed by atoms with Crippen LogP contribution in [0.1, 0.15) is 20.3 Å². The Hall–Kier alpha value is -1.34. The van der Waals surface area contributed by atoms with E-state index >= 15 is 0 Å². The molecule has 2 atom stereocenters. The monoisotopic (exact) mass is 301 g/mol. The summed E-state index contributed by atoms with van der Waals surface area (Å²) in [5, 5.41) is 18.9. The van der Waals surface area contributed by atoms with Crippen LogP contribution in [0, 0.1) is 5.92 Å². The second-order valence-electron chi connectivity index (χ2n) is 6.32. The molecule has 0 aromatic carbocycles. The standard InChI is InChI=1S/C14H27N3O4/c1-10(2)8-16(6-5-15(3)4)14(21)17-9-11(18)7-12(17)13(19)20/h10-12,18H,5-9H2,1-4H3,(H,19,20)/t11?,12-/m0/s1. The predicted octanol–water partition coefficient (Wildman–Crippen LogP) is 0.146. The van der Waals surface area contributed by atoms with Gasteiger partial charge in [0.2, 0.25) is 0 Å². The van der Waals surface area contributed by atoms with E-state index in [1.165, 1.54) is 4.90 Å². The predicted molar refractivity (Wildman–Crippen MR) is 79.1 cm³/mol. The van der Waals surface area contributed by atoms with Gasteiger partial charge >= 0.3 is 12.0 Å². The number of aliphatic hydroxyl groups excluding tert-OH is 1. The normalized spacial score (nSPS) is 22.1. The van der Waals surface area contributed by atoms with Gasteiger partial charge in [0, 0.05) is 32.6 Å². The minimum Gasteiger partial charge on any atom is -0.480 e. The molecule has 0 aromatic rings. The molecular formula is C14H27N3O4. The fraction of sp³-hybridized carbons (Fsp3) is 0.857. The number of carbonyl (C=O) groups excluding carboxylic acids is 1. The third-order valence-corrected chi connectivity index (χ3v) is 3.48. The zero-order chi connectivity index (χ0) is 16.2. The molecule has 2 N–H and O–H groups in total. The highest BCUT2D eigenvalue weighted by Crippen LogP contribution is 2.20. The molecule has 0 spiro atoms. The van der Waals surface area contributed by atoms with E-state index in [1.807, 2.05) is 32.8 Å². The van der Waals surface area contributed by atoms with Gasteiger partial charge in [0.25, 0.3) is 0 Å². The Morgan fingerprint density at radius 2 is 1.90 bits per heavy atom. The van der Waals surface area contributed by atoms with Gasteiger partial charge in [-0.15, -0.1) is 0 Å². The number of rotatable bonds is 6. The van der Waals surface area contributed by atoms with Crippen molar-refractivity contribution in [2.24, 2.45) is 5.92 Å². The Balaban J connectivity index is 2.80. The second-order valence-corrected chi connectivity index (χ2v) is 6.32. The van der Waals surface area contributed by atoms with Gasteiger partial charge in [0.15, 0.2) is 0 Å². The third kappa shape index (κ3) is 5.17. The third-order valence-electron chi connectivity index (χ3n) is 3.48. The lowest BCUT2D eigenvalue weighted by atomic mass is 10.2. The molecule has 1 unspecified atom stereocenters. The number of β-amino-alcohol motifs (C(OH)–C–C–N with tert-alkyl or cyclic N) is 1. The summed E-state index contributed by atoms with van der Waals surface area (Å²) in [6, 6.07) is -1.23. The van der Waals surface area contributed by atoms with Gasteiger partial charge in [-0.3, -0.25) is 0 Å². The number of hydrogen-bond donors (Lipinski definition) is 2. The topological polar surface area (TPSA) is 84.3 Å². The van der Waals surface area contributed by atoms with Gasteiger partial charge in [-0.05, 0) is 20.0 Å². The molecule has 122 valence electrons. The summed E-state index contributed by atoms with van der Waals surface area (Å²) < 4.78 is 0. The summed E-state index contributed by atoms with van der Waals surface area (Å²) in [6.07, 6.45) is -0.658. The first-order valence-electron chi connectivity index (χ1n) is 7.33.